The quantitative estimate of drug-likeness (QED) is 0.365. The van der Waals surface area contributed by atoms with Crippen LogP contribution in [0.15, 0.2) is 65.6 Å². The fourth-order valence-electron chi connectivity index (χ4n) is 5.26. The maximum absolute atomic E-state index is 13.8. The molecule has 0 saturated carbocycles. The number of rotatable bonds is 8. The molecule has 0 aliphatic carbocycles. The number of nitrogens with zero attached hydrogens (tertiary/aromatic N) is 2. The van der Waals surface area contributed by atoms with Crippen LogP contribution >= 0.6 is 0 Å². The highest BCUT2D eigenvalue weighted by atomic mass is 32.2. The van der Waals surface area contributed by atoms with E-state index in [1.165, 1.54) is 54.9 Å². The van der Waals surface area contributed by atoms with Crippen molar-refractivity contribution in [3.05, 3.63) is 82.9 Å². The Hall–Kier alpha value is -3.81. The minimum Gasteiger partial charge on any atom is -0.493 e. The second kappa shape index (κ2) is 12.4. The van der Waals surface area contributed by atoms with Crippen molar-refractivity contribution in [1.29, 1.82) is 0 Å². The summed E-state index contributed by atoms with van der Waals surface area (Å²) in [5.74, 6) is 0.564. The van der Waals surface area contributed by atoms with Gasteiger partial charge in [0.05, 0.1) is 43.9 Å². The van der Waals surface area contributed by atoms with Gasteiger partial charge < -0.3 is 23.8 Å². The van der Waals surface area contributed by atoms with Crippen LogP contribution in [-0.4, -0.2) is 77.2 Å². The number of amides is 1. The normalized spacial score (nSPS) is 17.7. The van der Waals surface area contributed by atoms with E-state index in [0.29, 0.717) is 36.7 Å². The molecular formula is C30H31F3N2O7S. The number of hydrogen-bond acceptors (Lipinski definition) is 7. The monoisotopic (exact) mass is 620 g/mol. The molecule has 0 spiro atoms. The smallest absolute Gasteiger partial charge is 0.416 e. The van der Waals surface area contributed by atoms with E-state index in [1.54, 1.807) is 11.0 Å². The van der Waals surface area contributed by atoms with Crippen molar-refractivity contribution in [2.24, 2.45) is 0 Å². The maximum Gasteiger partial charge on any atom is 0.416 e. The van der Waals surface area contributed by atoms with Gasteiger partial charge >= 0.3 is 6.18 Å². The molecule has 230 valence electrons. The Labute approximate surface area is 247 Å². The summed E-state index contributed by atoms with van der Waals surface area (Å²) in [6.07, 6.45) is -4.06. The lowest BCUT2D eigenvalue weighted by Crippen LogP contribution is -2.42. The molecular weight excluding hydrogens is 589 g/mol. The molecule has 1 saturated heterocycles. The second-order valence-corrected chi connectivity index (χ2v) is 12.0. The largest absolute Gasteiger partial charge is 0.493 e. The topological polar surface area (TPSA) is 94.6 Å². The Kier molecular flexibility index (Phi) is 8.86. The van der Waals surface area contributed by atoms with Crippen molar-refractivity contribution in [2.45, 2.75) is 23.5 Å². The lowest BCUT2D eigenvalue weighted by Gasteiger charge is -2.37. The molecule has 2 aliphatic rings. The fourth-order valence-corrected chi connectivity index (χ4v) is 6.67. The molecule has 3 aromatic rings. The number of carbonyl (C=O) groups excluding carboxylic acids is 1. The lowest BCUT2D eigenvalue weighted by atomic mass is 9.91. The molecule has 0 bridgehead atoms. The fraction of sp³-hybridized carbons (Fsp3) is 0.367. The summed E-state index contributed by atoms with van der Waals surface area (Å²) in [5.41, 5.74) is 0.997. The predicted octanol–water partition coefficient (Wildman–Crippen LogP) is 4.56. The van der Waals surface area contributed by atoms with Gasteiger partial charge in [-0.15, -0.1) is 0 Å². The zero-order valence-corrected chi connectivity index (χ0v) is 24.4. The first-order valence-corrected chi connectivity index (χ1v) is 15.0. The number of hydrogen-bond donors (Lipinski definition) is 0. The van der Waals surface area contributed by atoms with Crippen molar-refractivity contribution < 1.29 is 45.3 Å². The molecule has 0 aromatic heterocycles. The number of ether oxygens (including phenoxy) is 4. The van der Waals surface area contributed by atoms with Crippen LogP contribution < -0.4 is 14.2 Å². The molecule has 1 amide bonds. The number of sulfonamides is 1. The van der Waals surface area contributed by atoms with Crippen molar-refractivity contribution in [1.82, 2.24) is 9.21 Å². The summed E-state index contributed by atoms with van der Waals surface area (Å²) < 4.78 is 89.3. The Morgan fingerprint density at radius 3 is 2.28 bits per heavy atom. The molecule has 43 heavy (non-hydrogen) atoms. The number of benzene rings is 3. The summed E-state index contributed by atoms with van der Waals surface area (Å²) >= 11 is 0. The first-order chi connectivity index (χ1) is 20.5. The molecule has 2 heterocycles. The summed E-state index contributed by atoms with van der Waals surface area (Å²) in [5, 5.41) is 0. The van der Waals surface area contributed by atoms with E-state index < -0.39 is 27.8 Å². The van der Waals surface area contributed by atoms with Crippen molar-refractivity contribution in [2.75, 3.05) is 53.7 Å². The van der Waals surface area contributed by atoms with Crippen LogP contribution in [0.2, 0.25) is 0 Å². The predicted molar refractivity (Wildman–Crippen MR) is 150 cm³/mol. The minimum atomic E-state index is -4.54. The van der Waals surface area contributed by atoms with E-state index >= 15 is 0 Å². The third kappa shape index (κ3) is 6.43. The van der Waals surface area contributed by atoms with E-state index in [9.17, 15) is 26.4 Å². The van der Waals surface area contributed by atoms with Crippen LogP contribution in [0, 0.1) is 0 Å². The standard InChI is InChI=1S/C30H31F3N2O7S/c1-39-27-16-21-10-11-35(29(36)20-6-8-24(9-7-20)43(37,38)34-12-14-41-15-13-34)26(25(21)18-28(27)40-2)19-42-23-5-3-4-22(17-23)30(31,32)33/h3-9,16-18,26H,10-15,19H2,1-2H3. The first kappa shape index (κ1) is 30.6. The van der Waals surface area contributed by atoms with Gasteiger partial charge in [-0.2, -0.15) is 17.5 Å². The van der Waals surface area contributed by atoms with Gasteiger partial charge in [-0.25, -0.2) is 8.42 Å². The van der Waals surface area contributed by atoms with E-state index in [0.717, 1.165) is 17.7 Å². The van der Waals surface area contributed by atoms with Gasteiger partial charge in [0.1, 0.15) is 12.4 Å². The second-order valence-electron chi connectivity index (χ2n) is 10.0. The minimum absolute atomic E-state index is 0.00694. The highest BCUT2D eigenvalue weighted by molar-refractivity contribution is 7.89. The van der Waals surface area contributed by atoms with Crippen LogP contribution in [0.5, 0.6) is 17.2 Å². The Balaban J connectivity index is 1.44. The van der Waals surface area contributed by atoms with Gasteiger partial charge in [-0.3, -0.25) is 4.79 Å². The number of carbonyl (C=O) groups is 1. The van der Waals surface area contributed by atoms with Crippen molar-refractivity contribution >= 4 is 15.9 Å². The molecule has 2 aliphatic heterocycles. The van der Waals surface area contributed by atoms with E-state index in [4.69, 9.17) is 18.9 Å². The van der Waals surface area contributed by atoms with Gasteiger partial charge in [0, 0.05) is 25.2 Å². The molecule has 1 fully saturated rings. The third-order valence-corrected chi connectivity index (χ3v) is 9.45. The van der Waals surface area contributed by atoms with Crippen LogP contribution in [0.25, 0.3) is 0 Å². The van der Waals surface area contributed by atoms with E-state index in [-0.39, 0.29) is 48.4 Å². The van der Waals surface area contributed by atoms with E-state index in [1.807, 2.05) is 6.07 Å². The number of halogens is 3. The van der Waals surface area contributed by atoms with E-state index in [2.05, 4.69) is 0 Å². The van der Waals surface area contributed by atoms with Crippen LogP contribution in [0.1, 0.15) is 33.1 Å². The summed E-state index contributed by atoms with van der Waals surface area (Å²) in [4.78, 5) is 15.5. The molecule has 9 nitrogen and oxygen atoms in total. The van der Waals surface area contributed by atoms with Gasteiger partial charge in [0.15, 0.2) is 11.5 Å². The highest BCUT2D eigenvalue weighted by Gasteiger charge is 2.35. The molecule has 1 atom stereocenters. The van der Waals surface area contributed by atoms with Crippen molar-refractivity contribution in [3.63, 3.8) is 0 Å². The lowest BCUT2D eigenvalue weighted by molar-refractivity contribution is -0.137. The molecule has 1 unspecified atom stereocenters. The summed E-state index contributed by atoms with van der Waals surface area (Å²) in [7, 11) is -0.748. The number of fused-ring (bicyclic) bond motifs is 1. The zero-order valence-electron chi connectivity index (χ0n) is 23.6. The number of alkyl halides is 3. The van der Waals surface area contributed by atoms with Crippen LogP contribution in [-0.2, 0) is 27.4 Å². The molecule has 13 heteroatoms. The molecule has 0 radical (unpaired) electrons. The highest BCUT2D eigenvalue weighted by Crippen LogP contribution is 2.39. The van der Waals surface area contributed by atoms with Crippen LogP contribution in [0.4, 0.5) is 13.2 Å². The van der Waals surface area contributed by atoms with Gasteiger partial charge in [0.25, 0.3) is 5.91 Å². The molecule has 0 N–H and O–H groups in total. The van der Waals surface area contributed by atoms with Crippen molar-refractivity contribution in [3.8, 4) is 17.2 Å². The number of methoxy groups -OCH3 is 2. The van der Waals surface area contributed by atoms with Gasteiger partial charge in [-0.05, 0) is 72.1 Å². The average molecular weight is 621 g/mol. The molecule has 5 rings (SSSR count). The summed E-state index contributed by atoms with van der Waals surface area (Å²) in [6.45, 7) is 1.26. The number of morpholine rings is 1. The average Bonchev–Trinajstić information content (AvgIpc) is 3.02. The first-order valence-electron chi connectivity index (χ1n) is 13.6. The Morgan fingerprint density at radius 2 is 1.63 bits per heavy atom. The maximum atomic E-state index is 13.8. The summed E-state index contributed by atoms with van der Waals surface area (Å²) in [6, 6.07) is 13.2. The Bertz CT molecular complexity index is 1570. The Morgan fingerprint density at radius 1 is 0.953 bits per heavy atom. The SMILES string of the molecule is COc1cc2c(cc1OC)C(COc1cccc(C(F)(F)F)c1)N(C(=O)c1ccc(S(=O)(=O)N3CCOCC3)cc1)CC2. The molecule has 3 aromatic carbocycles. The van der Waals surface area contributed by atoms with Gasteiger partial charge in [0.2, 0.25) is 10.0 Å². The van der Waals surface area contributed by atoms with Crippen LogP contribution in [0.3, 0.4) is 0 Å². The zero-order chi connectivity index (χ0) is 30.8. The third-order valence-electron chi connectivity index (χ3n) is 7.54. The van der Waals surface area contributed by atoms with Gasteiger partial charge in [-0.1, -0.05) is 6.07 Å².